The highest BCUT2D eigenvalue weighted by atomic mass is 127. The zero-order valence-electron chi connectivity index (χ0n) is 19.7. The van der Waals surface area contributed by atoms with Crippen LogP contribution in [0.1, 0.15) is 50.5 Å². The number of rotatable bonds is 8. The smallest absolute Gasteiger partial charge is 0.191 e. The van der Waals surface area contributed by atoms with E-state index in [0.29, 0.717) is 12.1 Å². The van der Waals surface area contributed by atoms with Gasteiger partial charge in [0.2, 0.25) is 0 Å². The molecule has 0 radical (unpaired) electrons. The average Bonchev–Trinajstić information content (AvgIpc) is 3.25. The largest absolute Gasteiger partial charge is 0.357 e. The number of nitrogens with zero attached hydrogens (tertiary/aromatic N) is 5. The lowest BCUT2D eigenvalue weighted by atomic mass is 10.0. The van der Waals surface area contributed by atoms with Crippen LogP contribution in [0.3, 0.4) is 0 Å². The molecule has 0 spiro atoms. The minimum absolute atomic E-state index is 0. The predicted molar refractivity (Wildman–Crippen MR) is 145 cm³/mol. The van der Waals surface area contributed by atoms with Crippen molar-refractivity contribution in [2.45, 2.75) is 51.6 Å². The van der Waals surface area contributed by atoms with Gasteiger partial charge in [0.15, 0.2) is 11.6 Å². The highest BCUT2D eigenvalue weighted by Crippen LogP contribution is 2.24. The van der Waals surface area contributed by atoms with Gasteiger partial charge in [-0.3, -0.25) is 14.3 Å². The molecule has 1 unspecified atom stereocenters. The number of hydrogen-bond acceptors (Lipinski definition) is 4. The first-order valence-electron chi connectivity index (χ1n) is 11.9. The molecule has 3 aromatic rings. The number of piperidine rings is 1. The highest BCUT2D eigenvalue weighted by Gasteiger charge is 2.24. The van der Waals surface area contributed by atoms with E-state index in [1.165, 1.54) is 5.56 Å². The van der Waals surface area contributed by atoms with Gasteiger partial charge in [-0.1, -0.05) is 36.4 Å². The monoisotopic (exact) mass is 561 g/mol. The van der Waals surface area contributed by atoms with Gasteiger partial charge in [0.05, 0.1) is 0 Å². The minimum Gasteiger partial charge on any atom is -0.357 e. The number of hydrogen-bond donors (Lipinski definition) is 2. The van der Waals surface area contributed by atoms with Crippen molar-refractivity contribution in [3.05, 3.63) is 66.1 Å². The number of halogens is 1. The molecule has 1 aliphatic heterocycles. The van der Waals surface area contributed by atoms with Crippen LogP contribution in [0.15, 0.2) is 59.7 Å². The molecule has 0 aliphatic carbocycles. The standard InChI is InChI=1S/C25H35N7.HI/c1-3-26-25(27-16-9-13-24-30-29-23-12-7-8-17-32(23)24)28-22-14-18-31(19-15-22)20(2)21-10-5-4-6-11-21;/h4-8,10-12,17,20,22H,3,9,13-16,18-19H2,1-2H3,(H2,26,27,28);1H. The van der Waals surface area contributed by atoms with Crippen molar-refractivity contribution in [2.24, 2.45) is 4.99 Å². The van der Waals surface area contributed by atoms with E-state index in [1.54, 1.807) is 0 Å². The summed E-state index contributed by atoms with van der Waals surface area (Å²) < 4.78 is 2.05. The highest BCUT2D eigenvalue weighted by molar-refractivity contribution is 14.0. The Labute approximate surface area is 214 Å². The Morgan fingerprint density at radius 3 is 2.61 bits per heavy atom. The zero-order valence-corrected chi connectivity index (χ0v) is 22.0. The molecular formula is C25H36IN7. The number of aliphatic imine (C=N–C) groups is 1. The second-order valence-electron chi connectivity index (χ2n) is 8.45. The van der Waals surface area contributed by atoms with Crippen molar-refractivity contribution >= 4 is 35.6 Å². The molecule has 33 heavy (non-hydrogen) atoms. The third-order valence-electron chi connectivity index (χ3n) is 6.26. The maximum absolute atomic E-state index is 4.81. The van der Waals surface area contributed by atoms with Crippen molar-refractivity contribution in [2.75, 3.05) is 26.2 Å². The second-order valence-corrected chi connectivity index (χ2v) is 8.45. The van der Waals surface area contributed by atoms with Gasteiger partial charge in [0, 0.05) is 50.9 Å². The van der Waals surface area contributed by atoms with E-state index in [0.717, 1.165) is 69.3 Å². The van der Waals surface area contributed by atoms with Crippen LogP contribution in [0.25, 0.3) is 5.65 Å². The fraction of sp³-hybridized carbons (Fsp3) is 0.480. The number of benzene rings is 1. The van der Waals surface area contributed by atoms with E-state index < -0.39 is 0 Å². The Morgan fingerprint density at radius 2 is 1.85 bits per heavy atom. The van der Waals surface area contributed by atoms with E-state index in [1.807, 2.05) is 24.4 Å². The lowest BCUT2D eigenvalue weighted by Gasteiger charge is -2.37. The van der Waals surface area contributed by atoms with Gasteiger partial charge >= 0.3 is 0 Å². The number of nitrogens with one attached hydrogen (secondary N) is 2. The summed E-state index contributed by atoms with van der Waals surface area (Å²) in [6.45, 7) is 8.27. The van der Waals surface area contributed by atoms with Crippen LogP contribution in [-0.2, 0) is 6.42 Å². The number of likely N-dealkylation sites (tertiary alicyclic amines) is 1. The van der Waals surface area contributed by atoms with Crippen LogP contribution >= 0.6 is 24.0 Å². The first-order chi connectivity index (χ1) is 15.7. The predicted octanol–water partition coefficient (Wildman–Crippen LogP) is 4.06. The molecular weight excluding hydrogens is 525 g/mol. The summed E-state index contributed by atoms with van der Waals surface area (Å²) in [5.41, 5.74) is 2.29. The lowest BCUT2D eigenvalue weighted by molar-refractivity contribution is 0.158. The van der Waals surface area contributed by atoms with Gasteiger partial charge in [-0.05, 0) is 50.8 Å². The molecule has 4 rings (SSSR count). The molecule has 178 valence electrons. The molecule has 0 bridgehead atoms. The van der Waals surface area contributed by atoms with Crippen molar-refractivity contribution in [3.63, 3.8) is 0 Å². The van der Waals surface area contributed by atoms with Gasteiger partial charge in [-0.15, -0.1) is 34.2 Å². The molecule has 2 N–H and O–H groups in total. The maximum atomic E-state index is 4.81. The maximum Gasteiger partial charge on any atom is 0.191 e. The van der Waals surface area contributed by atoms with Crippen LogP contribution in [-0.4, -0.2) is 57.7 Å². The van der Waals surface area contributed by atoms with Gasteiger partial charge in [-0.25, -0.2) is 0 Å². The van der Waals surface area contributed by atoms with Crippen LogP contribution < -0.4 is 10.6 Å². The summed E-state index contributed by atoms with van der Waals surface area (Å²) >= 11 is 0. The molecule has 1 aliphatic rings. The van der Waals surface area contributed by atoms with E-state index >= 15 is 0 Å². The fourth-order valence-corrected chi connectivity index (χ4v) is 4.38. The van der Waals surface area contributed by atoms with E-state index in [2.05, 4.69) is 74.3 Å². The molecule has 0 saturated carbocycles. The molecule has 1 atom stereocenters. The Kier molecular flexibility index (Phi) is 9.93. The van der Waals surface area contributed by atoms with E-state index in [4.69, 9.17) is 4.99 Å². The number of fused-ring (bicyclic) bond motifs is 1. The van der Waals surface area contributed by atoms with Crippen molar-refractivity contribution in [3.8, 4) is 0 Å². The van der Waals surface area contributed by atoms with Crippen LogP contribution in [0, 0.1) is 0 Å². The summed E-state index contributed by atoms with van der Waals surface area (Å²) in [6, 6.07) is 17.7. The molecule has 0 amide bonds. The molecule has 2 aromatic heterocycles. The molecule has 1 fully saturated rings. The third kappa shape index (κ3) is 6.89. The first-order valence-corrected chi connectivity index (χ1v) is 11.9. The van der Waals surface area contributed by atoms with Crippen molar-refractivity contribution < 1.29 is 0 Å². The first kappa shape index (κ1) is 25.4. The quantitative estimate of drug-likeness (QED) is 0.188. The van der Waals surface area contributed by atoms with E-state index in [9.17, 15) is 0 Å². The van der Waals surface area contributed by atoms with Crippen molar-refractivity contribution in [1.82, 2.24) is 30.1 Å². The third-order valence-corrected chi connectivity index (χ3v) is 6.26. The van der Waals surface area contributed by atoms with E-state index in [-0.39, 0.29) is 24.0 Å². The summed E-state index contributed by atoms with van der Waals surface area (Å²) in [7, 11) is 0. The van der Waals surface area contributed by atoms with Gasteiger partial charge in [-0.2, -0.15) is 0 Å². The molecule has 7 nitrogen and oxygen atoms in total. The lowest BCUT2D eigenvalue weighted by Crippen LogP contribution is -2.49. The van der Waals surface area contributed by atoms with Crippen LogP contribution in [0.4, 0.5) is 0 Å². The molecule has 3 heterocycles. The summed E-state index contributed by atoms with van der Waals surface area (Å²) in [5, 5.41) is 15.6. The topological polar surface area (TPSA) is 69.8 Å². The summed E-state index contributed by atoms with van der Waals surface area (Å²) in [6.07, 6.45) is 6.09. The number of guanidine groups is 1. The normalized spacial score (nSPS) is 16.4. The average molecular weight is 562 g/mol. The SMILES string of the molecule is CCNC(=NCCCc1nnc2ccccn12)NC1CCN(C(C)c2ccccc2)CC1.I. The van der Waals surface area contributed by atoms with Gasteiger partial charge in [0.25, 0.3) is 0 Å². The molecule has 1 aromatic carbocycles. The number of aromatic nitrogens is 3. The molecule has 8 heteroatoms. The van der Waals surface area contributed by atoms with Crippen LogP contribution in [0.2, 0.25) is 0 Å². The Balaban J connectivity index is 0.00000306. The van der Waals surface area contributed by atoms with Crippen LogP contribution in [0.5, 0.6) is 0 Å². The Hall–Kier alpha value is -2.20. The second kappa shape index (κ2) is 12.9. The van der Waals surface area contributed by atoms with Crippen molar-refractivity contribution in [1.29, 1.82) is 0 Å². The summed E-state index contributed by atoms with van der Waals surface area (Å²) in [5.74, 6) is 1.92. The fourth-order valence-electron chi connectivity index (χ4n) is 4.38. The zero-order chi connectivity index (χ0) is 22.2. The molecule has 1 saturated heterocycles. The number of aryl methyl sites for hydroxylation is 1. The Bertz CT molecular complexity index is 996. The summed E-state index contributed by atoms with van der Waals surface area (Å²) in [4.78, 5) is 7.40. The Morgan fingerprint density at radius 1 is 1.09 bits per heavy atom. The van der Waals surface area contributed by atoms with Gasteiger partial charge < -0.3 is 10.6 Å². The number of pyridine rings is 1. The van der Waals surface area contributed by atoms with Gasteiger partial charge in [0.1, 0.15) is 5.82 Å². The minimum atomic E-state index is 0.